The van der Waals surface area contributed by atoms with E-state index in [2.05, 4.69) is 0 Å². The fourth-order valence-electron chi connectivity index (χ4n) is 3.72. The first-order valence-electron chi connectivity index (χ1n) is 9.81. The number of anilines is 1. The van der Waals surface area contributed by atoms with Gasteiger partial charge in [-0.1, -0.05) is 66.7 Å². The third kappa shape index (κ3) is 3.79. The van der Waals surface area contributed by atoms with Gasteiger partial charge >= 0.3 is 0 Å². The van der Waals surface area contributed by atoms with Gasteiger partial charge in [-0.3, -0.25) is 24.6 Å². The first-order valence-corrected chi connectivity index (χ1v) is 9.81. The summed E-state index contributed by atoms with van der Waals surface area (Å²) in [6, 6.07) is 22.2. The van der Waals surface area contributed by atoms with Gasteiger partial charge in [0.25, 0.3) is 11.6 Å². The minimum Gasteiger partial charge on any atom is -0.503 e. The van der Waals surface area contributed by atoms with E-state index in [0.717, 1.165) is 5.56 Å². The summed E-state index contributed by atoms with van der Waals surface area (Å²) in [5, 5.41) is 22.4. The lowest BCUT2D eigenvalue weighted by Crippen LogP contribution is -2.31. The average molecular weight is 426 g/mol. The van der Waals surface area contributed by atoms with Gasteiger partial charge in [-0.25, -0.2) is 0 Å². The van der Waals surface area contributed by atoms with Crippen molar-refractivity contribution in [1.29, 1.82) is 0 Å². The summed E-state index contributed by atoms with van der Waals surface area (Å²) in [4.78, 5) is 38.5. The second kappa shape index (κ2) is 8.69. The SMILES string of the molecule is O=C(/C=C/c1ccccc1)C1=C(O)C(=O)N(c2ccccc2)[C@@H]1c1ccccc1[N+](=O)[O-]. The number of amides is 1. The number of nitro benzene ring substituents is 1. The first-order chi connectivity index (χ1) is 15.5. The van der Waals surface area contributed by atoms with Crippen molar-refractivity contribution in [2.45, 2.75) is 6.04 Å². The molecule has 158 valence electrons. The fourth-order valence-corrected chi connectivity index (χ4v) is 3.72. The Morgan fingerprint density at radius 1 is 0.938 bits per heavy atom. The Balaban J connectivity index is 1.85. The van der Waals surface area contributed by atoms with Gasteiger partial charge in [0.05, 0.1) is 16.1 Å². The summed E-state index contributed by atoms with van der Waals surface area (Å²) in [5.74, 6) is -2.13. The van der Waals surface area contributed by atoms with Gasteiger partial charge < -0.3 is 5.11 Å². The second-order valence-corrected chi connectivity index (χ2v) is 7.10. The van der Waals surface area contributed by atoms with Crippen molar-refractivity contribution >= 4 is 29.1 Å². The minimum absolute atomic E-state index is 0.134. The zero-order chi connectivity index (χ0) is 22.7. The molecule has 1 aliphatic heterocycles. The topological polar surface area (TPSA) is 101 Å². The highest BCUT2D eigenvalue weighted by Gasteiger charge is 2.45. The van der Waals surface area contributed by atoms with Crippen LogP contribution in [0.3, 0.4) is 0 Å². The molecule has 4 rings (SSSR count). The minimum atomic E-state index is -1.15. The molecule has 32 heavy (non-hydrogen) atoms. The lowest BCUT2D eigenvalue weighted by atomic mass is 9.94. The van der Waals surface area contributed by atoms with Crippen molar-refractivity contribution < 1.29 is 19.6 Å². The molecule has 1 atom stereocenters. The number of para-hydroxylation sites is 2. The van der Waals surface area contributed by atoms with Crippen LogP contribution in [-0.2, 0) is 9.59 Å². The Kier molecular flexibility index (Phi) is 5.63. The highest BCUT2D eigenvalue weighted by Crippen LogP contribution is 2.43. The molecular formula is C25H18N2O5. The summed E-state index contributed by atoms with van der Waals surface area (Å²) in [7, 11) is 0. The quantitative estimate of drug-likeness (QED) is 0.347. The van der Waals surface area contributed by atoms with E-state index < -0.39 is 28.4 Å². The number of aliphatic hydroxyl groups is 1. The fraction of sp³-hybridized carbons (Fsp3) is 0.0400. The summed E-state index contributed by atoms with van der Waals surface area (Å²) in [6.45, 7) is 0. The summed E-state index contributed by atoms with van der Waals surface area (Å²) in [5.41, 5.74) is 0.836. The molecule has 1 N–H and O–H groups in total. The van der Waals surface area contributed by atoms with E-state index in [1.807, 2.05) is 18.2 Å². The molecule has 0 saturated carbocycles. The van der Waals surface area contributed by atoms with Crippen LogP contribution in [0.25, 0.3) is 6.08 Å². The number of rotatable bonds is 6. The molecule has 0 aliphatic carbocycles. The predicted octanol–water partition coefficient (Wildman–Crippen LogP) is 4.78. The molecule has 0 aromatic heterocycles. The number of hydrogen-bond acceptors (Lipinski definition) is 5. The van der Waals surface area contributed by atoms with Crippen LogP contribution in [0.5, 0.6) is 0 Å². The van der Waals surface area contributed by atoms with Crippen molar-refractivity contribution in [3.8, 4) is 0 Å². The van der Waals surface area contributed by atoms with Crippen LogP contribution in [0.15, 0.2) is 102 Å². The third-order valence-electron chi connectivity index (χ3n) is 5.16. The van der Waals surface area contributed by atoms with Gasteiger partial charge in [-0.05, 0) is 29.8 Å². The van der Waals surface area contributed by atoms with E-state index in [9.17, 15) is 24.8 Å². The Morgan fingerprint density at radius 2 is 1.53 bits per heavy atom. The number of benzene rings is 3. The zero-order valence-electron chi connectivity index (χ0n) is 16.8. The van der Waals surface area contributed by atoms with E-state index >= 15 is 0 Å². The molecule has 3 aromatic rings. The average Bonchev–Trinajstić information content (AvgIpc) is 3.09. The van der Waals surface area contributed by atoms with Crippen molar-refractivity contribution in [2.75, 3.05) is 4.90 Å². The van der Waals surface area contributed by atoms with Gasteiger partial charge in [0, 0.05) is 11.8 Å². The number of ketones is 1. The molecule has 1 amide bonds. The van der Waals surface area contributed by atoms with E-state index in [0.29, 0.717) is 5.69 Å². The van der Waals surface area contributed by atoms with E-state index in [-0.39, 0.29) is 16.8 Å². The highest BCUT2D eigenvalue weighted by atomic mass is 16.6. The molecule has 0 fully saturated rings. The van der Waals surface area contributed by atoms with Gasteiger partial charge in [-0.15, -0.1) is 0 Å². The summed E-state index contributed by atoms with van der Waals surface area (Å²) < 4.78 is 0. The molecular weight excluding hydrogens is 408 g/mol. The zero-order valence-corrected chi connectivity index (χ0v) is 16.8. The first kappa shape index (κ1) is 20.7. The number of carbonyl (C=O) groups excluding carboxylic acids is 2. The predicted molar refractivity (Wildman–Crippen MR) is 120 cm³/mol. The monoisotopic (exact) mass is 426 g/mol. The number of carbonyl (C=O) groups is 2. The van der Waals surface area contributed by atoms with Crippen molar-refractivity contribution in [2.24, 2.45) is 0 Å². The molecule has 1 aliphatic rings. The maximum Gasteiger partial charge on any atom is 0.294 e. The van der Waals surface area contributed by atoms with Crippen molar-refractivity contribution in [3.63, 3.8) is 0 Å². The summed E-state index contributed by atoms with van der Waals surface area (Å²) in [6.07, 6.45) is 2.82. The number of nitrogens with zero attached hydrogens (tertiary/aromatic N) is 2. The Hall–Kier alpha value is -4.52. The number of nitro groups is 1. The molecule has 0 unspecified atom stereocenters. The maximum absolute atomic E-state index is 13.2. The number of allylic oxidation sites excluding steroid dienone is 1. The molecule has 3 aromatic carbocycles. The highest BCUT2D eigenvalue weighted by molar-refractivity contribution is 6.20. The van der Waals surface area contributed by atoms with Crippen molar-refractivity contribution in [1.82, 2.24) is 0 Å². The smallest absolute Gasteiger partial charge is 0.294 e. The van der Waals surface area contributed by atoms with Crippen LogP contribution in [0.4, 0.5) is 11.4 Å². The lowest BCUT2D eigenvalue weighted by molar-refractivity contribution is -0.385. The maximum atomic E-state index is 13.2. The third-order valence-corrected chi connectivity index (χ3v) is 5.16. The van der Waals surface area contributed by atoms with Crippen molar-refractivity contribution in [3.05, 3.63) is 124 Å². The van der Waals surface area contributed by atoms with Gasteiger partial charge in [0.2, 0.25) is 0 Å². The van der Waals surface area contributed by atoms with Gasteiger partial charge in [-0.2, -0.15) is 0 Å². The Bertz CT molecular complexity index is 1250. The van der Waals surface area contributed by atoms with Crippen LogP contribution in [0.1, 0.15) is 17.2 Å². The van der Waals surface area contributed by atoms with Gasteiger partial charge in [0.1, 0.15) is 6.04 Å². The number of hydrogen-bond donors (Lipinski definition) is 1. The molecule has 7 heteroatoms. The lowest BCUT2D eigenvalue weighted by Gasteiger charge is -2.26. The van der Waals surface area contributed by atoms with E-state index in [4.69, 9.17) is 0 Å². The van der Waals surface area contributed by atoms with E-state index in [1.54, 1.807) is 54.6 Å². The summed E-state index contributed by atoms with van der Waals surface area (Å²) >= 11 is 0. The van der Waals surface area contributed by atoms with Gasteiger partial charge in [0.15, 0.2) is 11.5 Å². The molecule has 0 radical (unpaired) electrons. The molecule has 7 nitrogen and oxygen atoms in total. The molecule has 1 heterocycles. The van der Waals surface area contributed by atoms with Crippen LogP contribution in [0.2, 0.25) is 0 Å². The number of aliphatic hydroxyl groups excluding tert-OH is 1. The van der Waals surface area contributed by atoms with Crippen LogP contribution in [0, 0.1) is 10.1 Å². The Morgan fingerprint density at radius 3 is 2.19 bits per heavy atom. The van der Waals surface area contributed by atoms with E-state index in [1.165, 1.54) is 29.2 Å². The normalized spacial score (nSPS) is 16.1. The largest absolute Gasteiger partial charge is 0.503 e. The van der Waals surface area contributed by atoms with Crippen LogP contribution >= 0.6 is 0 Å². The second-order valence-electron chi connectivity index (χ2n) is 7.10. The standard InChI is InChI=1S/C25H18N2O5/c28-21(16-15-17-9-3-1-4-10-17)22-23(19-13-7-8-14-20(19)27(31)32)26(25(30)24(22)29)18-11-5-2-6-12-18/h1-16,23,29H/b16-15+/t23-/m1/s1. The Labute approximate surface area is 183 Å². The molecule has 0 saturated heterocycles. The molecule has 0 spiro atoms. The molecule has 0 bridgehead atoms. The van der Waals surface area contributed by atoms with Crippen LogP contribution in [-0.4, -0.2) is 21.7 Å². The van der Waals surface area contributed by atoms with Crippen LogP contribution < -0.4 is 4.90 Å².